The van der Waals surface area contributed by atoms with Gasteiger partial charge in [-0.3, -0.25) is 9.59 Å². The number of unbranched alkanes of at least 4 members (excludes halogenated alkanes) is 1. The second-order valence-corrected chi connectivity index (χ2v) is 4.83. The number of benzene rings is 1. The molecule has 5 heteroatoms. The molecule has 2 amide bonds. The molecule has 1 aromatic carbocycles. The van der Waals surface area contributed by atoms with E-state index in [1.165, 1.54) is 0 Å². The second kappa shape index (κ2) is 9.80. The number of carbonyl (C=O) groups excluding carboxylic acids is 2. The monoisotopic (exact) mass is 292 g/mol. The fourth-order valence-corrected chi connectivity index (χ4v) is 1.85. The SMILES string of the molecule is CCCCNC(=O)CC(=O)NCCc1cccc(OC)c1. The molecule has 0 unspecified atom stereocenters. The van der Waals surface area contributed by atoms with E-state index in [2.05, 4.69) is 17.6 Å². The van der Waals surface area contributed by atoms with Crippen LogP contribution in [0.2, 0.25) is 0 Å². The molecule has 5 nitrogen and oxygen atoms in total. The molecule has 2 N–H and O–H groups in total. The van der Waals surface area contributed by atoms with Crippen LogP contribution in [0.3, 0.4) is 0 Å². The lowest BCUT2D eigenvalue weighted by Crippen LogP contribution is -2.33. The molecule has 0 aliphatic carbocycles. The average molecular weight is 292 g/mol. The first-order chi connectivity index (χ1) is 10.2. The molecule has 0 atom stereocenters. The predicted molar refractivity (Wildman–Crippen MR) is 82.2 cm³/mol. The molecule has 116 valence electrons. The van der Waals surface area contributed by atoms with Gasteiger partial charge in [0.1, 0.15) is 12.2 Å². The summed E-state index contributed by atoms with van der Waals surface area (Å²) in [6, 6.07) is 7.70. The summed E-state index contributed by atoms with van der Waals surface area (Å²) in [6.45, 7) is 3.19. The molecule has 0 spiro atoms. The van der Waals surface area contributed by atoms with E-state index in [4.69, 9.17) is 4.74 Å². The van der Waals surface area contributed by atoms with Crippen molar-refractivity contribution in [1.82, 2.24) is 10.6 Å². The van der Waals surface area contributed by atoms with Crippen LogP contribution in [-0.4, -0.2) is 32.0 Å². The number of rotatable bonds is 9. The van der Waals surface area contributed by atoms with Crippen molar-refractivity contribution in [1.29, 1.82) is 0 Å². The minimum absolute atomic E-state index is 0.109. The van der Waals surface area contributed by atoms with Crippen LogP contribution >= 0.6 is 0 Å². The lowest BCUT2D eigenvalue weighted by molar-refractivity contribution is -0.129. The van der Waals surface area contributed by atoms with Crippen LogP contribution in [0.4, 0.5) is 0 Å². The molecule has 0 heterocycles. The fraction of sp³-hybridized carbons (Fsp3) is 0.500. The third kappa shape index (κ3) is 7.34. The molecule has 0 saturated heterocycles. The van der Waals surface area contributed by atoms with Gasteiger partial charge >= 0.3 is 0 Å². The molecular formula is C16H24N2O3. The summed E-state index contributed by atoms with van der Waals surface area (Å²) in [4.78, 5) is 23.1. The Morgan fingerprint density at radius 1 is 1.14 bits per heavy atom. The minimum Gasteiger partial charge on any atom is -0.497 e. The highest BCUT2D eigenvalue weighted by atomic mass is 16.5. The number of ether oxygens (including phenoxy) is 1. The van der Waals surface area contributed by atoms with Gasteiger partial charge in [0, 0.05) is 13.1 Å². The Labute approximate surface area is 126 Å². The molecular weight excluding hydrogens is 268 g/mol. The number of methoxy groups -OCH3 is 1. The second-order valence-electron chi connectivity index (χ2n) is 4.83. The summed E-state index contributed by atoms with van der Waals surface area (Å²) in [6.07, 6.45) is 2.55. The zero-order valence-electron chi connectivity index (χ0n) is 12.8. The van der Waals surface area contributed by atoms with Gasteiger partial charge < -0.3 is 15.4 Å². The summed E-state index contributed by atoms with van der Waals surface area (Å²) in [5.74, 6) is 0.336. The van der Waals surface area contributed by atoms with Crippen LogP contribution < -0.4 is 15.4 Å². The molecule has 1 aromatic rings. The fourth-order valence-electron chi connectivity index (χ4n) is 1.85. The molecule has 0 saturated carbocycles. The standard InChI is InChI=1S/C16H24N2O3/c1-3-4-9-17-15(19)12-16(20)18-10-8-13-6-5-7-14(11-13)21-2/h5-7,11H,3-4,8-10,12H2,1-2H3,(H,17,19)(H,18,20). The summed E-state index contributed by atoms with van der Waals surface area (Å²) < 4.78 is 5.14. The third-order valence-corrected chi connectivity index (χ3v) is 3.04. The van der Waals surface area contributed by atoms with E-state index in [1.54, 1.807) is 7.11 Å². The first-order valence-electron chi connectivity index (χ1n) is 7.32. The van der Waals surface area contributed by atoms with Crippen LogP contribution in [0.1, 0.15) is 31.7 Å². The van der Waals surface area contributed by atoms with E-state index in [0.29, 0.717) is 19.5 Å². The molecule has 0 radical (unpaired) electrons. The predicted octanol–water partition coefficient (Wildman–Crippen LogP) is 1.66. The first-order valence-corrected chi connectivity index (χ1v) is 7.32. The summed E-state index contributed by atoms with van der Waals surface area (Å²) in [7, 11) is 1.62. The number of amides is 2. The van der Waals surface area contributed by atoms with Crippen LogP contribution in [0.5, 0.6) is 5.75 Å². The van der Waals surface area contributed by atoms with Gasteiger partial charge in [0.2, 0.25) is 11.8 Å². The summed E-state index contributed by atoms with van der Waals surface area (Å²) in [5.41, 5.74) is 1.09. The number of carbonyl (C=O) groups is 2. The van der Waals surface area contributed by atoms with E-state index in [0.717, 1.165) is 24.2 Å². The van der Waals surface area contributed by atoms with E-state index in [1.807, 2.05) is 24.3 Å². The third-order valence-electron chi connectivity index (χ3n) is 3.04. The van der Waals surface area contributed by atoms with Crippen LogP contribution in [0, 0.1) is 0 Å². The Hall–Kier alpha value is -2.04. The van der Waals surface area contributed by atoms with Crippen molar-refractivity contribution < 1.29 is 14.3 Å². The van der Waals surface area contributed by atoms with E-state index < -0.39 is 0 Å². The highest BCUT2D eigenvalue weighted by Crippen LogP contribution is 2.12. The largest absolute Gasteiger partial charge is 0.497 e. The van der Waals surface area contributed by atoms with Gasteiger partial charge in [0.25, 0.3) is 0 Å². The first kappa shape index (κ1) is 17.0. The molecule has 0 aliphatic heterocycles. The van der Waals surface area contributed by atoms with Crippen molar-refractivity contribution in [3.8, 4) is 5.75 Å². The van der Waals surface area contributed by atoms with Gasteiger partial charge in [-0.05, 0) is 30.5 Å². The Morgan fingerprint density at radius 2 is 1.86 bits per heavy atom. The van der Waals surface area contributed by atoms with Crippen molar-refractivity contribution >= 4 is 11.8 Å². The lowest BCUT2D eigenvalue weighted by Gasteiger charge is -2.07. The van der Waals surface area contributed by atoms with Gasteiger partial charge in [-0.25, -0.2) is 0 Å². The maximum Gasteiger partial charge on any atom is 0.229 e. The normalized spacial score (nSPS) is 10.0. The molecule has 21 heavy (non-hydrogen) atoms. The average Bonchev–Trinajstić information content (AvgIpc) is 2.47. The van der Waals surface area contributed by atoms with Crippen molar-refractivity contribution in [2.75, 3.05) is 20.2 Å². The molecule has 0 aromatic heterocycles. The molecule has 0 fully saturated rings. The Balaban J connectivity index is 2.22. The van der Waals surface area contributed by atoms with E-state index in [9.17, 15) is 9.59 Å². The zero-order chi connectivity index (χ0) is 15.5. The van der Waals surface area contributed by atoms with Gasteiger partial charge in [0.15, 0.2) is 0 Å². The lowest BCUT2D eigenvalue weighted by atomic mass is 10.1. The van der Waals surface area contributed by atoms with Gasteiger partial charge in [-0.2, -0.15) is 0 Å². The van der Waals surface area contributed by atoms with Crippen molar-refractivity contribution in [2.24, 2.45) is 0 Å². The Morgan fingerprint density at radius 3 is 2.52 bits per heavy atom. The van der Waals surface area contributed by atoms with Crippen LogP contribution in [-0.2, 0) is 16.0 Å². The van der Waals surface area contributed by atoms with Crippen LogP contribution in [0.25, 0.3) is 0 Å². The number of nitrogens with one attached hydrogen (secondary N) is 2. The van der Waals surface area contributed by atoms with Gasteiger partial charge in [-0.15, -0.1) is 0 Å². The van der Waals surface area contributed by atoms with Crippen molar-refractivity contribution in [3.63, 3.8) is 0 Å². The van der Waals surface area contributed by atoms with Gasteiger partial charge in [-0.1, -0.05) is 25.5 Å². The summed E-state index contributed by atoms with van der Waals surface area (Å²) >= 11 is 0. The highest BCUT2D eigenvalue weighted by molar-refractivity contribution is 5.96. The quantitative estimate of drug-likeness (QED) is 0.537. The smallest absolute Gasteiger partial charge is 0.229 e. The number of hydrogen-bond acceptors (Lipinski definition) is 3. The minimum atomic E-state index is -0.244. The Bertz CT molecular complexity index is 461. The van der Waals surface area contributed by atoms with Crippen molar-refractivity contribution in [3.05, 3.63) is 29.8 Å². The molecule has 1 rings (SSSR count). The maximum atomic E-state index is 11.6. The molecule has 0 aliphatic rings. The number of hydrogen-bond donors (Lipinski definition) is 2. The Kier molecular flexibility index (Phi) is 7.94. The van der Waals surface area contributed by atoms with Crippen molar-refractivity contribution in [2.45, 2.75) is 32.6 Å². The molecule has 0 bridgehead atoms. The van der Waals surface area contributed by atoms with E-state index in [-0.39, 0.29) is 18.2 Å². The van der Waals surface area contributed by atoms with Crippen LogP contribution in [0.15, 0.2) is 24.3 Å². The maximum absolute atomic E-state index is 11.6. The zero-order valence-corrected chi connectivity index (χ0v) is 12.8. The van der Waals surface area contributed by atoms with E-state index >= 15 is 0 Å². The topological polar surface area (TPSA) is 67.4 Å². The summed E-state index contributed by atoms with van der Waals surface area (Å²) in [5, 5.41) is 5.47. The van der Waals surface area contributed by atoms with Gasteiger partial charge in [0.05, 0.1) is 7.11 Å². The highest BCUT2D eigenvalue weighted by Gasteiger charge is 2.08.